The fraction of sp³-hybridized carbons (Fsp3) is 0.929. The highest BCUT2D eigenvalue weighted by Gasteiger charge is 2.24. The molecule has 1 aliphatic carbocycles. The number of aliphatic hydroxyl groups is 1. The maximum absolute atomic E-state index is 12.2. The molecule has 1 unspecified atom stereocenters. The van der Waals surface area contributed by atoms with E-state index >= 15 is 0 Å². The maximum atomic E-state index is 12.2. The van der Waals surface area contributed by atoms with Gasteiger partial charge >= 0.3 is 6.03 Å². The molecule has 2 aliphatic rings. The quantitative estimate of drug-likeness (QED) is 0.753. The number of carbonyl (C=O) groups is 1. The second-order valence-electron chi connectivity index (χ2n) is 5.98. The van der Waals surface area contributed by atoms with Gasteiger partial charge in [-0.2, -0.15) is 0 Å². The van der Waals surface area contributed by atoms with Gasteiger partial charge in [-0.05, 0) is 50.9 Å². The van der Waals surface area contributed by atoms with Crippen LogP contribution in [-0.2, 0) is 0 Å². The van der Waals surface area contributed by atoms with Crippen molar-refractivity contribution >= 4 is 6.03 Å². The molecular weight excluding hydrogens is 228 g/mol. The summed E-state index contributed by atoms with van der Waals surface area (Å²) in [6.07, 6.45) is 6.80. The van der Waals surface area contributed by atoms with Crippen LogP contribution in [0.25, 0.3) is 0 Å². The SMILES string of the molecule is CC1CCCN(C(=O)NC2CCC(O)CC2)CC1. The van der Waals surface area contributed by atoms with Crippen LogP contribution in [0, 0.1) is 5.92 Å². The van der Waals surface area contributed by atoms with Crippen molar-refractivity contribution < 1.29 is 9.90 Å². The summed E-state index contributed by atoms with van der Waals surface area (Å²) in [5, 5.41) is 12.6. The zero-order valence-corrected chi connectivity index (χ0v) is 11.4. The average Bonchev–Trinajstić information content (AvgIpc) is 2.57. The third-order valence-electron chi connectivity index (χ3n) is 4.33. The second-order valence-corrected chi connectivity index (χ2v) is 5.98. The Morgan fingerprint density at radius 2 is 1.83 bits per heavy atom. The molecule has 4 nitrogen and oxygen atoms in total. The molecule has 2 N–H and O–H groups in total. The number of likely N-dealkylation sites (tertiary alicyclic amines) is 1. The van der Waals surface area contributed by atoms with Crippen molar-refractivity contribution in [2.75, 3.05) is 13.1 Å². The van der Waals surface area contributed by atoms with E-state index in [-0.39, 0.29) is 18.2 Å². The zero-order valence-electron chi connectivity index (χ0n) is 11.4. The normalized spacial score (nSPS) is 33.9. The van der Waals surface area contributed by atoms with Gasteiger partial charge in [-0.15, -0.1) is 0 Å². The highest BCUT2D eigenvalue weighted by Crippen LogP contribution is 2.20. The monoisotopic (exact) mass is 254 g/mol. The summed E-state index contributed by atoms with van der Waals surface area (Å²) in [6.45, 7) is 4.05. The van der Waals surface area contributed by atoms with Gasteiger partial charge in [0, 0.05) is 19.1 Å². The molecule has 0 aromatic heterocycles. The molecule has 1 saturated carbocycles. The first-order valence-electron chi connectivity index (χ1n) is 7.38. The second kappa shape index (κ2) is 6.41. The van der Waals surface area contributed by atoms with Crippen molar-refractivity contribution in [3.05, 3.63) is 0 Å². The van der Waals surface area contributed by atoms with Crippen molar-refractivity contribution in [3.63, 3.8) is 0 Å². The Morgan fingerprint density at radius 1 is 1.11 bits per heavy atom. The van der Waals surface area contributed by atoms with Crippen LogP contribution in [-0.4, -0.2) is 41.3 Å². The van der Waals surface area contributed by atoms with Crippen molar-refractivity contribution in [3.8, 4) is 0 Å². The van der Waals surface area contributed by atoms with E-state index in [1.54, 1.807) is 0 Å². The van der Waals surface area contributed by atoms with Crippen LogP contribution in [0.5, 0.6) is 0 Å². The fourth-order valence-corrected chi connectivity index (χ4v) is 2.95. The summed E-state index contributed by atoms with van der Waals surface area (Å²) in [4.78, 5) is 14.1. The lowest BCUT2D eigenvalue weighted by Crippen LogP contribution is -2.46. The van der Waals surface area contributed by atoms with E-state index in [2.05, 4.69) is 12.2 Å². The molecule has 0 aromatic rings. The van der Waals surface area contributed by atoms with Crippen LogP contribution < -0.4 is 5.32 Å². The Kier molecular flexibility index (Phi) is 4.87. The van der Waals surface area contributed by atoms with Crippen molar-refractivity contribution in [2.45, 2.75) is 64.0 Å². The number of hydrogen-bond acceptors (Lipinski definition) is 2. The smallest absolute Gasteiger partial charge is 0.317 e. The van der Waals surface area contributed by atoms with Crippen LogP contribution in [0.4, 0.5) is 4.79 Å². The number of amides is 2. The third-order valence-corrected chi connectivity index (χ3v) is 4.33. The van der Waals surface area contributed by atoms with Gasteiger partial charge in [0.05, 0.1) is 6.10 Å². The van der Waals surface area contributed by atoms with Crippen LogP contribution >= 0.6 is 0 Å². The fourth-order valence-electron chi connectivity index (χ4n) is 2.95. The Labute approximate surface area is 110 Å². The van der Waals surface area contributed by atoms with Gasteiger partial charge in [-0.3, -0.25) is 0 Å². The maximum Gasteiger partial charge on any atom is 0.317 e. The summed E-state index contributed by atoms with van der Waals surface area (Å²) in [5.41, 5.74) is 0. The lowest BCUT2D eigenvalue weighted by molar-refractivity contribution is 0.115. The molecule has 2 fully saturated rings. The number of nitrogens with zero attached hydrogens (tertiary/aromatic N) is 1. The summed E-state index contributed by atoms with van der Waals surface area (Å²) >= 11 is 0. The molecule has 1 aliphatic heterocycles. The van der Waals surface area contributed by atoms with E-state index < -0.39 is 0 Å². The number of rotatable bonds is 1. The number of aliphatic hydroxyl groups excluding tert-OH is 1. The first-order chi connectivity index (χ1) is 8.65. The van der Waals surface area contributed by atoms with Gasteiger partial charge in [0.1, 0.15) is 0 Å². The summed E-state index contributed by atoms with van der Waals surface area (Å²) < 4.78 is 0. The molecule has 2 rings (SSSR count). The first kappa shape index (κ1) is 13.7. The largest absolute Gasteiger partial charge is 0.393 e. The molecule has 1 heterocycles. The van der Waals surface area contributed by atoms with Crippen LogP contribution in [0.2, 0.25) is 0 Å². The standard InChI is InChI=1S/C14H26N2O2/c1-11-3-2-9-16(10-8-11)14(18)15-12-4-6-13(17)7-5-12/h11-13,17H,2-10H2,1H3,(H,15,18). The number of hydrogen-bond donors (Lipinski definition) is 2. The topological polar surface area (TPSA) is 52.6 Å². The predicted octanol–water partition coefficient (Wildman–Crippen LogP) is 2.12. The molecule has 18 heavy (non-hydrogen) atoms. The molecule has 2 amide bonds. The predicted molar refractivity (Wildman–Crippen MR) is 71.4 cm³/mol. The minimum absolute atomic E-state index is 0.102. The highest BCUT2D eigenvalue weighted by molar-refractivity contribution is 5.74. The number of urea groups is 1. The van der Waals surface area contributed by atoms with Gasteiger partial charge in [0.25, 0.3) is 0 Å². The average molecular weight is 254 g/mol. The summed E-state index contributed by atoms with van der Waals surface area (Å²) in [7, 11) is 0. The van der Waals surface area contributed by atoms with Gasteiger partial charge in [-0.25, -0.2) is 4.79 Å². The van der Waals surface area contributed by atoms with E-state index in [1.165, 1.54) is 6.42 Å². The van der Waals surface area contributed by atoms with Crippen molar-refractivity contribution in [1.82, 2.24) is 10.2 Å². The molecule has 1 atom stereocenters. The minimum Gasteiger partial charge on any atom is -0.393 e. The third kappa shape index (κ3) is 3.87. The lowest BCUT2D eigenvalue weighted by Gasteiger charge is -2.29. The molecule has 0 bridgehead atoms. The molecule has 0 aromatic carbocycles. The van der Waals surface area contributed by atoms with Gasteiger partial charge in [0.2, 0.25) is 0 Å². The van der Waals surface area contributed by atoms with Crippen LogP contribution in [0.15, 0.2) is 0 Å². The van der Waals surface area contributed by atoms with Gasteiger partial charge in [-0.1, -0.05) is 6.92 Å². The van der Waals surface area contributed by atoms with Crippen molar-refractivity contribution in [2.24, 2.45) is 5.92 Å². The van der Waals surface area contributed by atoms with E-state index in [9.17, 15) is 9.90 Å². The van der Waals surface area contributed by atoms with E-state index in [1.807, 2.05) is 4.90 Å². The summed E-state index contributed by atoms with van der Waals surface area (Å²) in [5.74, 6) is 0.743. The van der Waals surface area contributed by atoms with E-state index in [4.69, 9.17) is 0 Å². The molecule has 0 spiro atoms. The van der Waals surface area contributed by atoms with Crippen LogP contribution in [0.3, 0.4) is 0 Å². The molecule has 0 radical (unpaired) electrons. The summed E-state index contributed by atoms with van der Waals surface area (Å²) in [6, 6.07) is 0.368. The Morgan fingerprint density at radius 3 is 2.56 bits per heavy atom. The Balaban J connectivity index is 1.76. The highest BCUT2D eigenvalue weighted by atomic mass is 16.3. The molecule has 104 valence electrons. The number of nitrogens with one attached hydrogen (secondary N) is 1. The Hall–Kier alpha value is -0.770. The molecule has 1 saturated heterocycles. The Bertz CT molecular complexity index is 275. The van der Waals surface area contributed by atoms with Crippen molar-refractivity contribution in [1.29, 1.82) is 0 Å². The van der Waals surface area contributed by atoms with E-state index in [0.29, 0.717) is 0 Å². The van der Waals surface area contributed by atoms with Gasteiger partial charge in [0.15, 0.2) is 0 Å². The first-order valence-corrected chi connectivity index (χ1v) is 7.38. The minimum atomic E-state index is -0.155. The zero-order chi connectivity index (χ0) is 13.0. The lowest BCUT2D eigenvalue weighted by atomic mass is 9.93. The van der Waals surface area contributed by atoms with E-state index in [0.717, 1.165) is 57.5 Å². The van der Waals surface area contributed by atoms with Gasteiger partial charge < -0.3 is 15.3 Å². The molecular formula is C14H26N2O2. The number of carbonyl (C=O) groups excluding carboxylic acids is 1. The molecule has 4 heteroatoms. The van der Waals surface area contributed by atoms with Crippen LogP contribution in [0.1, 0.15) is 51.9 Å².